The molecular formula is C34H47NO8. The first-order chi connectivity index (χ1) is 20.8. The lowest BCUT2D eigenvalue weighted by atomic mass is 10.0. The van der Waals surface area contributed by atoms with E-state index in [0.717, 1.165) is 68.9 Å². The van der Waals surface area contributed by atoms with E-state index in [2.05, 4.69) is 12.2 Å². The molecule has 1 atom stereocenters. The van der Waals surface area contributed by atoms with Gasteiger partial charge in [-0.25, -0.2) is 4.79 Å². The van der Waals surface area contributed by atoms with E-state index in [1.807, 2.05) is 12.1 Å². The van der Waals surface area contributed by atoms with Gasteiger partial charge in [0.2, 0.25) is 5.91 Å². The van der Waals surface area contributed by atoms with Crippen LogP contribution in [0.1, 0.15) is 102 Å². The lowest BCUT2D eigenvalue weighted by Gasteiger charge is -2.18. The summed E-state index contributed by atoms with van der Waals surface area (Å²) in [6, 6.07) is 12.7. The standard InChI is InChI=1S/C34H47NO8/c1-2-3-4-11-24-42-34(41)30(25-27-14-19-28(36)20-15-27)35-31(37)23-18-26-16-21-29(22-17-26)43-33(40)13-10-8-6-5-7-9-12-32(38)39/h14-17,19-22,30,36H,2-13,18,23-25H2,1H3,(H,35,37)(H,38,39)/t30-/m0/s1. The van der Waals surface area contributed by atoms with Crippen molar-refractivity contribution in [1.82, 2.24) is 5.32 Å². The molecule has 0 aliphatic rings. The van der Waals surface area contributed by atoms with Gasteiger partial charge >= 0.3 is 17.9 Å². The third kappa shape index (κ3) is 16.4. The number of hydrogen-bond donors (Lipinski definition) is 3. The van der Waals surface area contributed by atoms with Crippen LogP contribution in [0.5, 0.6) is 11.5 Å². The van der Waals surface area contributed by atoms with Gasteiger partial charge in [0.25, 0.3) is 0 Å². The highest BCUT2D eigenvalue weighted by Gasteiger charge is 2.23. The number of carboxylic acid groups (broad SMARTS) is 1. The van der Waals surface area contributed by atoms with Gasteiger partial charge in [-0.2, -0.15) is 0 Å². The maximum Gasteiger partial charge on any atom is 0.328 e. The zero-order valence-corrected chi connectivity index (χ0v) is 25.4. The third-order valence-corrected chi connectivity index (χ3v) is 7.06. The number of phenolic OH excluding ortho intramolecular Hbond substituents is 1. The molecule has 0 spiro atoms. The summed E-state index contributed by atoms with van der Waals surface area (Å²) in [6.07, 6.45) is 10.5. The minimum Gasteiger partial charge on any atom is -0.508 e. The van der Waals surface area contributed by atoms with Gasteiger partial charge in [0.15, 0.2) is 0 Å². The van der Waals surface area contributed by atoms with Crippen LogP contribution < -0.4 is 10.1 Å². The summed E-state index contributed by atoms with van der Waals surface area (Å²) >= 11 is 0. The number of aromatic hydroxyl groups is 1. The van der Waals surface area contributed by atoms with E-state index in [9.17, 15) is 24.3 Å². The Balaban J connectivity index is 1.75. The number of unbranched alkanes of at least 4 members (excludes halogenated alkanes) is 8. The molecule has 0 saturated carbocycles. The van der Waals surface area contributed by atoms with E-state index < -0.39 is 18.0 Å². The van der Waals surface area contributed by atoms with Gasteiger partial charge in [0.05, 0.1) is 6.61 Å². The summed E-state index contributed by atoms with van der Waals surface area (Å²) in [5, 5.41) is 21.0. The normalized spacial score (nSPS) is 11.5. The van der Waals surface area contributed by atoms with Gasteiger partial charge in [0.1, 0.15) is 17.5 Å². The Bertz CT molecular complexity index is 1110. The van der Waals surface area contributed by atoms with Crippen LogP contribution >= 0.6 is 0 Å². The predicted octanol–water partition coefficient (Wildman–Crippen LogP) is 6.29. The van der Waals surface area contributed by atoms with E-state index in [0.29, 0.717) is 31.6 Å². The molecule has 9 nitrogen and oxygen atoms in total. The van der Waals surface area contributed by atoms with Gasteiger partial charge in [-0.05, 0) is 61.1 Å². The number of amides is 1. The summed E-state index contributed by atoms with van der Waals surface area (Å²) in [5.74, 6) is -1.23. The Morgan fingerprint density at radius 3 is 2.00 bits per heavy atom. The first kappa shape index (κ1) is 35.3. The lowest BCUT2D eigenvalue weighted by Crippen LogP contribution is -2.43. The quantitative estimate of drug-likeness (QED) is 0.0818. The smallest absolute Gasteiger partial charge is 0.328 e. The van der Waals surface area contributed by atoms with Gasteiger partial charge < -0.3 is 25.0 Å². The molecule has 0 bridgehead atoms. The summed E-state index contributed by atoms with van der Waals surface area (Å²) in [4.78, 5) is 48.2. The van der Waals surface area contributed by atoms with Gasteiger partial charge in [-0.3, -0.25) is 14.4 Å². The number of aliphatic carboxylic acids is 1. The van der Waals surface area contributed by atoms with E-state index >= 15 is 0 Å². The van der Waals surface area contributed by atoms with Gasteiger partial charge in [-0.15, -0.1) is 0 Å². The molecule has 2 aromatic rings. The predicted molar refractivity (Wildman–Crippen MR) is 164 cm³/mol. The molecule has 43 heavy (non-hydrogen) atoms. The number of carboxylic acids is 1. The molecule has 1 amide bonds. The van der Waals surface area contributed by atoms with Gasteiger partial charge in [-0.1, -0.05) is 76.1 Å². The Morgan fingerprint density at radius 2 is 1.35 bits per heavy atom. The number of aryl methyl sites for hydroxylation is 1. The molecule has 0 unspecified atom stereocenters. The second-order valence-corrected chi connectivity index (χ2v) is 10.9. The van der Waals surface area contributed by atoms with E-state index in [4.69, 9.17) is 14.6 Å². The molecule has 2 aromatic carbocycles. The van der Waals surface area contributed by atoms with Gasteiger partial charge in [0, 0.05) is 25.7 Å². The topological polar surface area (TPSA) is 139 Å². The lowest BCUT2D eigenvalue weighted by molar-refractivity contribution is -0.148. The molecule has 0 radical (unpaired) electrons. The molecule has 9 heteroatoms. The molecule has 0 fully saturated rings. The average molecular weight is 598 g/mol. The van der Waals surface area contributed by atoms with Crippen LogP contribution in [-0.2, 0) is 36.8 Å². The van der Waals surface area contributed by atoms with E-state index in [1.54, 1.807) is 36.4 Å². The van der Waals surface area contributed by atoms with Crippen LogP contribution in [0, 0.1) is 0 Å². The maximum atomic E-state index is 12.8. The van der Waals surface area contributed by atoms with Crippen molar-refractivity contribution in [1.29, 1.82) is 0 Å². The summed E-state index contributed by atoms with van der Waals surface area (Å²) in [7, 11) is 0. The summed E-state index contributed by atoms with van der Waals surface area (Å²) in [5.41, 5.74) is 1.69. The average Bonchev–Trinajstić information content (AvgIpc) is 2.98. The molecule has 236 valence electrons. The highest BCUT2D eigenvalue weighted by Crippen LogP contribution is 2.16. The van der Waals surface area contributed by atoms with E-state index in [1.165, 1.54) is 0 Å². The van der Waals surface area contributed by atoms with Crippen molar-refractivity contribution in [3.8, 4) is 11.5 Å². The van der Waals surface area contributed by atoms with Crippen LogP contribution in [0.4, 0.5) is 0 Å². The van der Waals surface area contributed by atoms with Crippen molar-refractivity contribution in [2.24, 2.45) is 0 Å². The van der Waals surface area contributed by atoms with E-state index in [-0.39, 0.29) is 36.9 Å². The fourth-order valence-corrected chi connectivity index (χ4v) is 4.55. The van der Waals surface area contributed by atoms with Crippen molar-refractivity contribution in [2.75, 3.05) is 6.61 Å². The zero-order valence-electron chi connectivity index (χ0n) is 25.4. The number of rotatable bonds is 22. The summed E-state index contributed by atoms with van der Waals surface area (Å²) < 4.78 is 10.9. The number of hydrogen-bond acceptors (Lipinski definition) is 7. The van der Waals surface area contributed by atoms with Crippen molar-refractivity contribution >= 4 is 23.8 Å². The second kappa shape index (κ2) is 20.9. The molecule has 2 rings (SSSR count). The zero-order chi connectivity index (χ0) is 31.3. The molecule has 0 saturated heterocycles. The summed E-state index contributed by atoms with van der Waals surface area (Å²) in [6.45, 7) is 2.43. The number of ether oxygens (including phenoxy) is 2. The van der Waals surface area contributed by atoms with Crippen LogP contribution in [-0.4, -0.2) is 46.7 Å². The third-order valence-electron chi connectivity index (χ3n) is 7.06. The molecule has 0 heterocycles. The number of phenols is 1. The van der Waals surface area contributed by atoms with Crippen LogP contribution in [0.15, 0.2) is 48.5 Å². The molecule has 0 aliphatic heterocycles. The molecule has 3 N–H and O–H groups in total. The van der Waals surface area contributed by atoms with Crippen molar-refractivity contribution in [3.63, 3.8) is 0 Å². The number of benzene rings is 2. The first-order valence-electron chi connectivity index (χ1n) is 15.5. The Hall–Kier alpha value is -3.88. The number of nitrogens with one attached hydrogen (secondary N) is 1. The minimum absolute atomic E-state index is 0.127. The fourth-order valence-electron chi connectivity index (χ4n) is 4.55. The van der Waals surface area contributed by atoms with Crippen molar-refractivity contribution < 1.29 is 38.9 Å². The van der Waals surface area contributed by atoms with Crippen LogP contribution in [0.2, 0.25) is 0 Å². The number of esters is 2. The Kier molecular flexibility index (Phi) is 17.2. The van der Waals surface area contributed by atoms with Crippen LogP contribution in [0.25, 0.3) is 0 Å². The maximum absolute atomic E-state index is 12.8. The SMILES string of the molecule is CCCCCCOC(=O)[C@H](Cc1ccc(O)cc1)NC(=O)CCc1ccc(OC(=O)CCCCCCCCC(=O)O)cc1. The molecule has 0 aromatic heterocycles. The van der Waals surface area contributed by atoms with Crippen LogP contribution in [0.3, 0.4) is 0 Å². The largest absolute Gasteiger partial charge is 0.508 e. The monoisotopic (exact) mass is 597 g/mol. The highest BCUT2D eigenvalue weighted by molar-refractivity contribution is 5.84. The number of carbonyl (C=O) groups is 4. The minimum atomic E-state index is -0.832. The molecule has 0 aliphatic carbocycles. The highest BCUT2D eigenvalue weighted by atomic mass is 16.5. The fraction of sp³-hybridized carbons (Fsp3) is 0.529. The van der Waals surface area contributed by atoms with Crippen molar-refractivity contribution in [2.45, 2.75) is 109 Å². The first-order valence-corrected chi connectivity index (χ1v) is 15.5. The Morgan fingerprint density at radius 1 is 0.744 bits per heavy atom. The molecular weight excluding hydrogens is 550 g/mol. The van der Waals surface area contributed by atoms with Crippen molar-refractivity contribution in [3.05, 3.63) is 59.7 Å². The second-order valence-electron chi connectivity index (χ2n) is 10.9. The number of carbonyl (C=O) groups excluding carboxylic acids is 3. The Labute approximate surface area is 255 Å².